The van der Waals surface area contributed by atoms with Crippen molar-refractivity contribution in [1.29, 1.82) is 0 Å². The van der Waals surface area contributed by atoms with Gasteiger partial charge >= 0.3 is 0 Å². The lowest BCUT2D eigenvalue weighted by molar-refractivity contribution is 0.390. The van der Waals surface area contributed by atoms with Gasteiger partial charge in [0, 0.05) is 6.42 Å². The number of fused-ring (bicyclic) bond motifs is 1. The van der Waals surface area contributed by atoms with Crippen molar-refractivity contribution in [3.8, 4) is 11.8 Å². The molecule has 1 aliphatic carbocycles. The molecule has 0 N–H and O–H groups in total. The molecular weight excluding hydrogens is 76.1 g/mol. The lowest BCUT2D eigenvalue weighted by Crippen LogP contribution is -1.77. The van der Waals surface area contributed by atoms with E-state index in [-0.39, 0.29) is 0 Å². The van der Waals surface area contributed by atoms with E-state index < -0.39 is 0 Å². The van der Waals surface area contributed by atoms with Crippen molar-refractivity contribution in [3.63, 3.8) is 0 Å². The van der Waals surface area contributed by atoms with Gasteiger partial charge < -0.3 is 4.74 Å². The van der Waals surface area contributed by atoms with Gasteiger partial charge in [0.05, 0.1) is 0 Å². The lowest BCUT2D eigenvalue weighted by atomic mass is 10.4. The normalized spacial score (nSPS) is 46.7. The zero-order chi connectivity index (χ0) is 3.98. The minimum Gasteiger partial charge on any atom is -0.355 e. The summed E-state index contributed by atoms with van der Waals surface area (Å²) in [5.74, 6) is 5.87. The first kappa shape index (κ1) is 2.65. The average Bonchev–Trinajstić information content (AvgIpc) is 2.17. The molecular formula is C5H4O. The Labute approximate surface area is 36.3 Å². The minimum atomic E-state index is 0.352. The highest BCUT2D eigenvalue weighted by molar-refractivity contribution is 5.23. The van der Waals surface area contributed by atoms with E-state index in [1.54, 1.807) is 0 Å². The first-order valence-electron chi connectivity index (χ1n) is 2.11. The van der Waals surface area contributed by atoms with Crippen LogP contribution >= 0.6 is 0 Å². The lowest BCUT2D eigenvalue weighted by Gasteiger charge is -1.67. The summed E-state index contributed by atoms with van der Waals surface area (Å²) < 4.78 is 4.98. The van der Waals surface area contributed by atoms with Crippen molar-refractivity contribution in [1.82, 2.24) is 0 Å². The first-order chi connectivity index (χ1) is 2.97. The molecule has 1 heteroatoms. The molecule has 0 aromatic heterocycles. The van der Waals surface area contributed by atoms with E-state index in [9.17, 15) is 0 Å². The molecule has 2 unspecified atom stereocenters. The fraction of sp³-hybridized carbons (Fsp3) is 0.600. The maximum absolute atomic E-state index is 4.98. The van der Waals surface area contributed by atoms with Gasteiger partial charge in [0.15, 0.2) is 0 Å². The van der Waals surface area contributed by atoms with Crippen LogP contribution < -0.4 is 0 Å². The molecule has 6 heavy (non-hydrogen) atoms. The molecule has 0 aromatic carbocycles. The molecule has 0 radical (unpaired) electrons. The van der Waals surface area contributed by atoms with Gasteiger partial charge in [0.1, 0.15) is 12.2 Å². The van der Waals surface area contributed by atoms with Gasteiger partial charge in [0.25, 0.3) is 0 Å². The molecule has 2 atom stereocenters. The molecule has 0 bridgehead atoms. The quantitative estimate of drug-likeness (QED) is 0.298. The molecule has 30 valence electrons. The van der Waals surface area contributed by atoms with Crippen LogP contribution in [0.3, 0.4) is 0 Å². The van der Waals surface area contributed by atoms with Crippen molar-refractivity contribution in [2.24, 2.45) is 0 Å². The van der Waals surface area contributed by atoms with Crippen molar-refractivity contribution >= 4 is 0 Å². The van der Waals surface area contributed by atoms with E-state index in [0.717, 1.165) is 6.42 Å². The second-order valence-corrected chi connectivity index (χ2v) is 1.62. The Balaban J connectivity index is 2.33. The summed E-state index contributed by atoms with van der Waals surface area (Å²) in [6.07, 6.45) is 1.82. The van der Waals surface area contributed by atoms with Crippen LogP contribution in [-0.2, 0) is 4.74 Å². The van der Waals surface area contributed by atoms with Crippen LogP contribution in [0.2, 0.25) is 0 Å². The number of hydrogen-bond donors (Lipinski definition) is 0. The maximum atomic E-state index is 4.98. The van der Waals surface area contributed by atoms with Crippen LogP contribution in [0.5, 0.6) is 0 Å². The van der Waals surface area contributed by atoms with Crippen molar-refractivity contribution in [2.45, 2.75) is 18.6 Å². The Kier molecular flexibility index (Phi) is 0.273. The fourth-order valence-corrected chi connectivity index (χ4v) is 0.685. The molecule has 2 aliphatic rings. The van der Waals surface area contributed by atoms with Crippen LogP contribution in [-0.4, -0.2) is 12.2 Å². The Hall–Kier alpha value is -0.480. The van der Waals surface area contributed by atoms with E-state index >= 15 is 0 Å². The van der Waals surface area contributed by atoms with Gasteiger partial charge in [-0.2, -0.15) is 0 Å². The highest BCUT2D eigenvalue weighted by atomic mass is 16.6. The Morgan fingerprint density at radius 3 is 2.83 bits per heavy atom. The van der Waals surface area contributed by atoms with Gasteiger partial charge in [-0.3, -0.25) is 0 Å². The van der Waals surface area contributed by atoms with E-state index in [1.807, 2.05) is 0 Å². The summed E-state index contributed by atoms with van der Waals surface area (Å²) in [6, 6.07) is 0. The molecule has 1 heterocycles. The van der Waals surface area contributed by atoms with Crippen LogP contribution in [0.15, 0.2) is 0 Å². The molecule has 1 saturated heterocycles. The minimum absolute atomic E-state index is 0.352. The van der Waals surface area contributed by atoms with Crippen LogP contribution in [0.25, 0.3) is 0 Å². The van der Waals surface area contributed by atoms with Gasteiger partial charge in [0.2, 0.25) is 0 Å². The summed E-state index contributed by atoms with van der Waals surface area (Å²) in [5, 5.41) is 0. The molecule has 1 fully saturated rings. The van der Waals surface area contributed by atoms with Crippen LogP contribution in [0, 0.1) is 11.8 Å². The van der Waals surface area contributed by atoms with E-state index in [1.165, 1.54) is 0 Å². The largest absolute Gasteiger partial charge is 0.355 e. The predicted molar refractivity (Wildman–Crippen MR) is 21.1 cm³/mol. The standard InChI is InChI=1S/C5H4O/c1-2-4-5(3-1)6-4/h4-5H,2H2. The third kappa shape index (κ3) is 0.168. The highest BCUT2D eigenvalue weighted by Crippen LogP contribution is 2.27. The number of ether oxygens (including phenoxy) is 1. The van der Waals surface area contributed by atoms with E-state index in [2.05, 4.69) is 11.8 Å². The SMILES string of the molecule is C1#CC2OC2C1. The molecule has 0 aromatic rings. The molecule has 0 spiro atoms. The fourth-order valence-electron chi connectivity index (χ4n) is 0.685. The zero-order valence-corrected chi connectivity index (χ0v) is 3.27. The van der Waals surface area contributed by atoms with Crippen molar-refractivity contribution in [2.75, 3.05) is 0 Å². The third-order valence-corrected chi connectivity index (χ3v) is 1.13. The second-order valence-electron chi connectivity index (χ2n) is 1.62. The van der Waals surface area contributed by atoms with E-state index in [4.69, 9.17) is 4.74 Å². The van der Waals surface area contributed by atoms with Gasteiger partial charge in [-0.25, -0.2) is 0 Å². The smallest absolute Gasteiger partial charge is 0.145 e. The third-order valence-electron chi connectivity index (χ3n) is 1.13. The zero-order valence-electron chi connectivity index (χ0n) is 3.27. The van der Waals surface area contributed by atoms with Gasteiger partial charge in [-0.15, -0.1) is 0 Å². The topological polar surface area (TPSA) is 12.5 Å². The molecule has 2 rings (SSSR count). The molecule has 0 amide bonds. The molecule has 0 saturated carbocycles. The first-order valence-corrected chi connectivity index (χ1v) is 2.11. The van der Waals surface area contributed by atoms with Crippen LogP contribution in [0.1, 0.15) is 6.42 Å². The van der Waals surface area contributed by atoms with E-state index in [0.29, 0.717) is 12.2 Å². The van der Waals surface area contributed by atoms with Crippen molar-refractivity contribution < 1.29 is 4.74 Å². The number of rotatable bonds is 0. The van der Waals surface area contributed by atoms with Crippen molar-refractivity contribution in [3.05, 3.63) is 0 Å². The summed E-state index contributed by atoms with van der Waals surface area (Å²) in [6.45, 7) is 0. The monoisotopic (exact) mass is 80.0 g/mol. The summed E-state index contributed by atoms with van der Waals surface area (Å²) in [7, 11) is 0. The summed E-state index contributed by atoms with van der Waals surface area (Å²) in [5.41, 5.74) is 0. The Morgan fingerprint density at radius 1 is 1.67 bits per heavy atom. The Bertz CT molecular complexity index is 129. The highest BCUT2D eigenvalue weighted by Gasteiger charge is 2.39. The Morgan fingerprint density at radius 2 is 2.67 bits per heavy atom. The van der Waals surface area contributed by atoms with Gasteiger partial charge in [-0.05, 0) is 0 Å². The summed E-state index contributed by atoms with van der Waals surface area (Å²) in [4.78, 5) is 0. The molecule has 1 aliphatic heterocycles. The molecule has 1 nitrogen and oxygen atoms in total. The number of hydrogen-bond acceptors (Lipinski definition) is 1. The predicted octanol–water partition coefficient (Wildman–Crippen LogP) is 0.161. The van der Waals surface area contributed by atoms with Gasteiger partial charge in [-0.1, -0.05) is 11.8 Å². The summed E-state index contributed by atoms with van der Waals surface area (Å²) >= 11 is 0. The number of epoxide rings is 1. The second kappa shape index (κ2) is 0.618. The van der Waals surface area contributed by atoms with Crippen LogP contribution in [0.4, 0.5) is 0 Å². The average molecular weight is 80.1 g/mol. The maximum Gasteiger partial charge on any atom is 0.145 e.